The molecule has 23 heavy (non-hydrogen) atoms. The van der Waals surface area contributed by atoms with Gasteiger partial charge in [0.05, 0.1) is 0 Å². The summed E-state index contributed by atoms with van der Waals surface area (Å²) in [6.45, 7) is 8.80. The average molecular weight is 314 g/mol. The highest BCUT2D eigenvalue weighted by Crippen LogP contribution is 2.22. The molecule has 1 fully saturated rings. The number of piperazine rings is 1. The van der Waals surface area contributed by atoms with E-state index >= 15 is 0 Å². The topological polar surface area (TPSA) is 32.3 Å². The van der Waals surface area contributed by atoms with Crippen molar-refractivity contribution >= 4 is 5.82 Å². The van der Waals surface area contributed by atoms with Crippen LogP contribution in [0.2, 0.25) is 0 Å². The number of anilines is 1. The highest BCUT2D eigenvalue weighted by Gasteiger charge is 2.20. The van der Waals surface area contributed by atoms with Gasteiger partial charge >= 0.3 is 0 Å². The summed E-state index contributed by atoms with van der Waals surface area (Å²) in [6.07, 6.45) is 2.61. The van der Waals surface area contributed by atoms with Crippen molar-refractivity contribution in [2.75, 3.05) is 31.1 Å². The van der Waals surface area contributed by atoms with Crippen LogP contribution in [0.4, 0.5) is 10.2 Å². The van der Waals surface area contributed by atoms with Crippen molar-refractivity contribution < 1.29 is 4.39 Å². The molecule has 2 aromatic rings. The summed E-state index contributed by atoms with van der Waals surface area (Å²) in [4.78, 5) is 13.5. The Bertz CT molecular complexity index is 666. The van der Waals surface area contributed by atoms with E-state index in [0.29, 0.717) is 0 Å². The molecule has 0 aliphatic carbocycles. The molecule has 0 unspecified atom stereocenters. The molecule has 0 atom stereocenters. The SMILES string of the molecule is CCc1c(C)ncnc1N1CCN(Cc2cccc(F)c2)CC1. The van der Waals surface area contributed by atoms with E-state index in [1.807, 2.05) is 13.0 Å². The second-order valence-electron chi connectivity index (χ2n) is 6.01. The Kier molecular flexibility index (Phi) is 4.86. The minimum atomic E-state index is -0.162. The van der Waals surface area contributed by atoms with Crippen LogP contribution < -0.4 is 4.90 Å². The molecule has 0 amide bonds. The minimum Gasteiger partial charge on any atom is -0.354 e. The van der Waals surface area contributed by atoms with Crippen molar-refractivity contribution in [3.05, 3.63) is 53.2 Å². The third-order valence-corrected chi connectivity index (χ3v) is 4.46. The van der Waals surface area contributed by atoms with Crippen molar-refractivity contribution in [3.63, 3.8) is 0 Å². The van der Waals surface area contributed by atoms with Crippen LogP contribution in [0.1, 0.15) is 23.7 Å². The predicted octanol–water partition coefficient (Wildman–Crippen LogP) is 2.81. The smallest absolute Gasteiger partial charge is 0.135 e. The number of aryl methyl sites for hydroxylation is 1. The molecule has 1 aromatic carbocycles. The molecule has 1 aliphatic heterocycles. The molecule has 0 N–H and O–H groups in total. The number of aromatic nitrogens is 2. The summed E-state index contributed by atoms with van der Waals surface area (Å²) >= 11 is 0. The molecular weight excluding hydrogens is 291 g/mol. The first-order valence-corrected chi connectivity index (χ1v) is 8.19. The van der Waals surface area contributed by atoms with Gasteiger partial charge in [-0.2, -0.15) is 0 Å². The normalized spacial score (nSPS) is 15.9. The van der Waals surface area contributed by atoms with Gasteiger partial charge in [0.15, 0.2) is 0 Å². The molecular formula is C18H23FN4. The third-order valence-electron chi connectivity index (χ3n) is 4.46. The molecule has 122 valence electrons. The van der Waals surface area contributed by atoms with Crippen LogP contribution in [0.25, 0.3) is 0 Å². The van der Waals surface area contributed by atoms with Crippen LogP contribution >= 0.6 is 0 Å². The van der Waals surface area contributed by atoms with E-state index < -0.39 is 0 Å². The molecule has 1 saturated heterocycles. The average Bonchev–Trinajstić information content (AvgIpc) is 2.55. The van der Waals surface area contributed by atoms with Crippen LogP contribution in [-0.4, -0.2) is 41.0 Å². The van der Waals surface area contributed by atoms with Gasteiger partial charge in [0.25, 0.3) is 0 Å². The van der Waals surface area contributed by atoms with Gasteiger partial charge in [0.2, 0.25) is 0 Å². The molecule has 0 spiro atoms. The van der Waals surface area contributed by atoms with Crippen molar-refractivity contribution in [3.8, 4) is 0 Å². The minimum absolute atomic E-state index is 0.162. The van der Waals surface area contributed by atoms with Crippen molar-refractivity contribution in [1.29, 1.82) is 0 Å². The van der Waals surface area contributed by atoms with Crippen LogP contribution in [0.5, 0.6) is 0 Å². The van der Waals surface area contributed by atoms with E-state index in [1.54, 1.807) is 18.5 Å². The fourth-order valence-corrected chi connectivity index (χ4v) is 3.19. The Morgan fingerprint density at radius 2 is 1.91 bits per heavy atom. The standard InChI is InChI=1S/C18H23FN4/c1-3-17-14(2)20-13-21-18(17)23-9-7-22(8-10-23)12-15-5-4-6-16(19)11-15/h4-6,11,13H,3,7-10,12H2,1-2H3. The second-order valence-corrected chi connectivity index (χ2v) is 6.01. The number of benzene rings is 1. The van der Waals surface area contributed by atoms with Gasteiger partial charge in [-0.1, -0.05) is 19.1 Å². The molecule has 0 bridgehead atoms. The lowest BCUT2D eigenvalue weighted by atomic mass is 10.1. The lowest BCUT2D eigenvalue weighted by Crippen LogP contribution is -2.46. The number of hydrogen-bond donors (Lipinski definition) is 0. The van der Waals surface area contributed by atoms with E-state index in [-0.39, 0.29) is 5.82 Å². The Labute approximate surface area is 137 Å². The third kappa shape index (κ3) is 3.67. The monoisotopic (exact) mass is 314 g/mol. The number of nitrogens with zero attached hydrogens (tertiary/aromatic N) is 4. The van der Waals surface area contributed by atoms with Gasteiger partial charge in [-0.3, -0.25) is 4.90 Å². The van der Waals surface area contributed by atoms with Crippen molar-refractivity contribution in [1.82, 2.24) is 14.9 Å². The lowest BCUT2D eigenvalue weighted by Gasteiger charge is -2.36. The first-order valence-electron chi connectivity index (χ1n) is 8.19. The van der Waals surface area contributed by atoms with Crippen molar-refractivity contribution in [2.45, 2.75) is 26.8 Å². The molecule has 0 saturated carbocycles. The first-order chi connectivity index (χ1) is 11.2. The van der Waals surface area contributed by atoms with Crippen molar-refractivity contribution in [2.24, 2.45) is 0 Å². The molecule has 1 aliphatic rings. The van der Waals surface area contributed by atoms with Gasteiger partial charge < -0.3 is 4.90 Å². The van der Waals surface area contributed by atoms with E-state index in [2.05, 4.69) is 26.7 Å². The maximum Gasteiger partial charge on any atom is 0.135 e. The summed E-state index contributed by atoms with van der Waals surface area (Å²) in [5.74, 6) is 0.913. The molecule has 3 rings (SSSR count). The van der Waals surface area contributed by atoms with Crippen LogP contribution in [0, 0.1) is 12.7 Å². The first kappa shape index (κ1) is 15.9. The summed E-state index contributed by atoms with van der Waals surface area (Å²) in [5, 5.41) is 0. The fourth-order valence-electron chi connectivity index (χ4n) is 3.19. The predicted molar refractivity (Wildman–Crippen MR) is 90.0 cm³/mol. The maximum absolute atomic E-state index is 13.3. The molecule has 0 radical (unpaired) electrons. The summed E-state index contributed by atoms with van der Waals surface area (Å²) in [6, 6.07) is 6.87. The van der Waals surface area contributed by atoms with Gasteiger partial charge in [-0.05, 0) is 31.0 Å². The van der Waals surface area contributed by atoms with E-state index in [0.717, 1.165) is 56.2 Å². The highest BCUT2D eigenvalue weighted by molar-refractivity contribution is 5.48. The largest absolute Gasteiger partial charge is 0.354 e. The lowest BCUT2D eigenvalue weighted by molar-refractivity contribution is 0.249. The quantitative estimate of drug-likeness (QED) is 0.869. The zero-order chi connectivity index (χ0) is 16.2. The van der Waals surface area contributed by atoms with Gasteiger partial charge in [-0.25, -0.2) is 14.4 Å². The maximum atomic E-state index is 13.3. The summed E-state index contributed by atoms with van der Waals surface area (Å²) < 4.78 is 13.3. The Morgan fingerprint density at radius 1 is 1.13 bits per heavy atom. The summed E-state index contributed by atoms with van der Waals surface area (Å²) in [7, 11) is 0. The fraction of sp³-hybridized carbons (Fsp3) is 0.444. The molecule has 5 heteroatoms. The van der Waals surface area contributed by atoms with Crippen LogP contribution in [0.15, 0.2) is 30.6 Å². The van der Waals surface area contributed by atoms with E-state index in [1.165, 1.54) is 11.6 Å². The molecule has 2 heterocycles. The van der Waals surface area contributed by atoms with Gasteiger partial charge in [-0.15, -0.1) is 0 Å². The van der Waals surface area contributed by atoms with Crippen LogP contribution in [-0.2, 0) is 13.0 Å². The van der Waals surface area contributed by atoms with Gasteiger partial charge in [0.1, 0.15) is 18.0 Å². The number of halogens is 1. The molecule has 4 nitrogen and oxygen atoms in total. The Balaban J connectivity index is 1.64. The molecule has 1 aromatic heterocycles. The number of hydrogen-bond acceptors (Lipinski definition) is 4. The highest BCUT2D eigenvalue weighted by atomic mass is 19.1. The Hall–Kier alpha value is -2.01. The van der Waals surface area contributed by atoms with E-state index in [4.69, 9.17) is 0 Å². The van der Waals surface area contributed by atoms with Crippen LogP contribution in [0.3, 0.4) is 0 Å². The van der Waals surface area contributed by atoms with Gasteiger partial charge in [0, 0.05) is 44.0 Å². The zero-order valence-electron chi connectivity index (χ0n) is 13.8. The Morgan fingerprint density at radius 3 is 2.61 bits per heavy atom. The second kappa shape index (κ2) is 7.04. The zero-order valence-corrected chi connectivity index (χ0v) is 13.8. The van der Waals surface area contributed by atoms with E-state index in [9.17, 15) is 4.39 Å². The summed E-state index contributed by atoms with van der Waals surface area (Å²) in [5.41, 5.74) is 3.34. The number of rotatable bonds is 4.